The van der Waals surface area contributed by atoms with Crippen molar-refractivity contribution in [3.05, 3.63) is 29.6 Å². The molecule has 1 aromatic carbocycles. The molecule has 122 valence electrons. The van der Waals surface area contributed by atoms with E-state index in [9.17, 15) is 14.0 Å². The lowest BCUT2D eigenvalue weighted by atomic mass is 10.2. The number of aromatic carboxylic acids is 1. The topological polar surface area (TPSA) is 87.7 Å². The Hall–Kier alpha value is -2.31. The molecule has 0 atom stereocenters. The molecular weight excluding hydrogens is 291 g/mol. The molecule has 0 aliphatic carbocycles. The molecule has 0 aliphatic heterocycles. The first-order valence-electron chi connectivity index (χ1n) is 6.92. The molecule has 6 nitrogen and oxygen atoms in total. The van der Waals surface area contributed by atoms with Crippen LogP contribution in [0, 0.1) is 5.82 Å². The van der Waals surface area contributed by atoms with Crippen LogP contribution in [0.3, 0.4) is 0 Å². The van der Waals surface area contributed by atoms with E-state index in [4.69, 9.17) is 9.84 Å². The number of carboxylic acids is 1. The lowest BCUT2D eigenvalue weighted by Crippen LogP contribution is -2.33. The Morgan fingerprint density at radius 1 is 1.27 bits per heavy atom. The van der Waals surface area contributed by atoms with Crippen molar-refractivity contribution in [1.82, 2.24) is 5.32 Å². The van der Waals surface area contributed by atoms with E-state index in [0.717, 1.165) is 6.07 Å². The molecule has 0 aromatic heterocycles. The summed E-state index contributed by atoms with van der Waals surface area (Å²) in [5, 5.41) is 14.4. The van der Waals surface area contributed by atoms with Gasteiger partial charge in [0.1, 0.15) is 11.4 Å². The van der Waals surface area contributed by atoms with E-state index in [0.29, 0.717) is 25.2 Å². The zero-order valence-electron chi connectivity index (χ0n) is 12.9. The van der Waals surface area contributed by atoms with E-state index in [1.165, 1.54) is 12.1 Å². The highest BCUT2D eigenvalue weighted by Gasteiger charge is 2.15. The number of carboxylic acid groups (broad SMARTS) is 1. The van der Waals surface area contributed by atoms with E-state index in [2.05, 4.69) is 10.6 Å². The molecule has 0 fully saturated rings. The van der Waals surface area contributed by atoms with Gasteiger partial charge in [-0.15, -0.1) is 0 Å². The predicted molar refractivity (Wildman–Crippen MR) is 80.7 cm³/mol. The van der Waals surface area contributed by atoms with Crippen molar-refractivity contribution in [2.24, 2.45) is 0 Å². The standard InChI is InChI=1S/C15H21FN2O4/c1-15(2,3)22-14(21)18-8-4-7-17-10-5-6-12(16)11(9-10)13(19)20/h5-6,9,17H,4,7-8H2,1-3H3,(H,18,21)(H,19,20). The van der Waals surface area contributed by atoms with Gasteiger partial charge in [-0.3, -0.25) is 0 Å². The quantitative estimate of drug-likeness (QED) is 0.703. The van der Waals surface area contributed by atoms with Gasteiger partial charge in [-0.2, -0.15) is 0 Å². The Kier molecular flexibility index (Phi) is 6.15. The fourth-order valence-corrected chi connectivity index (χ4v) is 1.62. The summed E-state index contributed by atoms with van der Waals surface area (Å²) in [6.45, 7) is 6.25. The van der Waals surface area contributed by atoms with Crippen LogP contribution in [0.2, 0.25) is 0 Å². The van der Waals surface area contributed by atoms with Crippen LogP contribution in [-0.4, -0.2) is 35.9 Å². The average Bonchev–Trinajstić information content (AvgIpc) is 2.37. The van der Waals surface area contributed by atoms with E-state index >= 15 is 0 Å². The summed E-state index contributed by atoms with van der Waals surface area (Å²) in [6.07, 6.45) is 0.126. The average molecular weight is 312 g/mol. The van der Waals surface area contributed by atoms with E-state index in [1.54, 1.807) is 20.8 Å². The molecule has 0 heterocycles. The Balaban J connectivity index is 2.32. The van der Waals surface area contributed by atoms with Crippen LogP contribution < -0.4 is 10.6 Å². The van der Waals surface area contributed by atoms with Crippen molar-refractivity contribution in [3.63, 3.8) is 0 Å². The summed E-state index contributed by atoms with van der Waals surface area (Å²) < 4.78 is 18.3. The van der Waals surface area contributed by atoms with Gasteiger partial charge in [0.05, 0.1) is 5.56 Å². The van der Waals surface area contributed by atoms with Crippen LogP contribution in [0.1, 0.15) is 37.6 Å². The van der Waals surface area contributed by atoms with Gasteiger partial charge < -0.3 is 20.5 Å². The molecule has 1 rings (SSSR count). The summed E-state index contributed by atoms with van der Waals surface area (Å²) in [4.78, 5) is 22.2. The third-order valence-corrected chi connectivity index (χ3v) is 2.55. The molecule has 0 bridgehead atoms. The second kappa shape index (κ2) is 7.63. The predicted octanol–water partition coefficient (Wildman–Crippen LogP) is 2.85. The molecule has 7 heteroatoms. The molecule has 0 aliphatic rings. The first-order valence-corrected chi connectivity index (χ1v) is 6.92. The minimum atomic E-state index is -1.31. The first-order chi connectivity index (χ1) is 10.2. The monoisotopic (exact) mass is 312 g/mol. The summed E-state index contributed by atoms with van der Waals surface area (Å²) in [7, 11) is 0. The molecule has 0 saturated heterocycles. The number of carbonyl (C=O) groups excluding carboxylic acids is 1. The summed E-state index contributed by atoms with van der Waals surface area (Å²) in [5.74, 6) is -2.09. The molecule has 22 heavy (non-hydrogen) atoms. The third kappa shape index (κ3) is 6.43. The summed E-state index contributed by atoms with van der Waals surface area (Å²) in [5.41, 5.74) is -0.406. The number of nitrogens with one attached hydrogen (secondary N) is 2. The van der Waals surface area contributed by atoms with Gasteiger partial charge in [0.25, 0.3) is 0 Å². The maximum absolute atomic E-state index is 13.2. The SMILES string of the molecule is CC(C)(C)OC(=O)NCCCNc1ccc(F)c(C(=O)O)c1. The number of hydrogen-bond acceptors (Lipinski definition) is 4. The van der Waals surface area contributed by atoms with Crippen LogP contribution >= 0.6 is 0 Å². The number of rotatable bonds is 6. The first kappa shape index (κ1) is 17.7. The number of benzene rings is 1. The maximum atomic E-state index is 13.2. The number of amides is 1. The zero-order valence-corrected chi connectivity index (χ0v) is 12.9. The molecule has 1 amide bonds. The molecule has 0 unspecified atom stereocenters. The Morgan fingerprint density at radius 2 is 1.95 bits per heavy atom. The lowest BCUT2D eigenvalue weighted by molar-refractivity contribution is 0.0527. The van der Waals surface area contributed by atoms with Crippen molar-refractivity contribution in [2.75, 3.05) is 18.4 Å². The molecule has 0 radical (unpaired) electrons. The van der Waals surface area contributed by atoms with Crippen LogP contribution in [-0.2, 0) is 4.74 Å². The Morgan fingerprint density at radius 3 is 2.55 bits per heavy atom. The third-order valence-electron chi connectivity index (χ3n) is 2.55. The highest BCUT2D eigenvalue weighted by molar-refractivity contribution is 5.89. The minimum Gasteiger partial charge on any atom is -0.478 e. The van der Waals surface area contributed by atoms with Gasteiger partial charge in [0, 0.05) is 18.8 Å². The van der Waals surface area contributed by atoms with Crippen molar-refractivity contribution < 1.29 is 23.8 Å². The molecule has 3 N–H and O–H groups in total. The number of alkyl carbamates (subject to hydrolysis) is 1. The number of halogens is 1. The van der Waals surface area contributed by atoms with E-state index in [-0.39, 0.29) is 5.56 Å². The fourth-order valence-electron chi connectivity index (χ4n) is 1.62. The summed E-state index contributed by atoms with van der Waals surface area (Å²) >= 11 is 0. The second-order valence-electron chi connectivity index (χ2n) is 5.71. The van der Waals surface area contributed by atoms with Gasteiger partial charge in [-0.05, 0) is 45.4 Å². The van der Waals surface area contributed by atoms with Gasteiger partial charge in [-0.1, -0.05) is 0 Å². The van der Waals surface area contributed by atoms with Crippen LogP contribution in [0.5, 0.6) is 0 Å². The van der Waals surface area contributed by atoms with Crippen LogP contribution in [0.15, 0.2) is 18.2 Å². The number of anilines is 1. The van der Waals surface area contributed by atoms with Crippen molar-refractivity contribution in [2.45, 2.75) is 32.8 Å². The highest BCUT2D eigenvalue weighted by atomic mass is 19.1. The second-order valence-corrected chi connectivity index (χ2v) is 5.71. The largest absolute Gasteiger partial charge is 0.478 e. The zero-order chi connectivity index (χ0) is 16.8. The van der Waals surface area contributed by atoms with E-state index in [1.807, 2.05) is 0 Å². The number of ether oxygens (including phenoxy) is 1. The molecule has 1 aromatic rings. The normalized spacial score (nSPS) is 10.9. The molecular formula is C15H21FN2O4. The fraction of sp³-hybridized carbons (Fsp3) is 0.467. The molecule has 0 saturated carbocycles. The van der Waals surface area contributed by atoms with Gasteiger partial charge in [-0.25, -0.2) is 14.0 Å². The van der Waals surface area contributed by atoms with Gasteiger partial charge >= 0.3 is 12.1 Å². The lowest BCUT2D eigenvalue weighted by Gasteiger charge is -2.19. The Labute approximate surface area is 128 Å². The number of carbonyl (C=O) groups is 2. The van der Waals surface area contributed by atoms with Crippen molar-refractivity contribution in [3.8, 4) is 0 Å². The van der Waals surface area contributed by atoms with Crippen molar-refractivity contribution >= 4 is 17.7 Å². The highest BCUT2D eigenvalue weighted by Crippen LogP contribution is 2.14. The maximum Gasteiger partial charge on any atom is 0.407 e. The molecule has 0 spiro atoms. The Bertz CT molecular complexity index is 541. The number of hydrogen-bond donors (Lipinski definition) is 3. The summed E-state index contributed by atoms with van der Waals surface area (Å²) in [6, 6.07) is 3.80. The van der Waals surface area contributed by atoms with Crippen LogP contribution in [0.25, 0.3) is 0 Å². The van der Waals surface area contributed by atoms with Crippen LogP contribution in [0.4, 0.5) is 14.9 Å². The van der Waals surface area contributed by atoms with Gasteiger partial charge in [0.15, 0.2) is 0 Å². The van der Waals surface area contributed by atoms with E-state index < -0.39 is 23.5 Å². The van der Waals surface area contributed by atoms with Crippen molar-refractivity contribution in [1.29, 1.82) is 0 Å². The minimum absolute atomic E-state index is 0.378. The van der Waals surface area contributed by atoms with Gasteiger partial charge in [0.2, 0.25) is 0 Å². The smallest absolute Gasteiger partial charge is 0.407 e.